The van der Waals surface area contributed by atoms with Crippen LogP contribution in [0.15, 0.2) is 54.9 Å². The van der Waals surface area contributed by atoms with Crippen LogP contribution < -0.4 is 5.32 Å². The van der Waals surface area contributed by atoms with Crippen LogP contribution >= 0.6 is 0 Å². The molecule has 1 heterocycles. The third-order valence-electron chi connectivity index (χ3n) is 2.84. The number of carbonyl (C=O) groups excluding carboxylic acids is 1. The van der Waals surface area contributed by atoms with Gasteiger partial charge in [-0.05, 0) is 30.2 Å². The van der Waals surface area contributed by atoms with E-state index in [0.717, 1.165) is 12.0 Å². The van der Waals surface area contributed by atoms with Crippen molar-refractivity contribution in [1.82, 2.24) is 10.3 Å². The van der Waals surface area contributed by atoms with Crippen molar-refractivity contribution in [2.75, 3.05) is 0 Å². The summed E-state index contributed by atoms with van der Waals surface area (Å²) in [7, 11) is 0. The maximum atomic E-state index is 12.1. The highest BCUT2D eigenvalue weighted by Gasteiger charge is 2.13. The monoisotopic (exact) mass is 240 g/mol. The summed E-state index contributed by atoms with van der Waals surface area (Å²) in [6, 6.07) is 13.1. The average Bonchev–Trinajstić information content (AvgIpc) is 2.46. The Kier molecular flexibility index (Phi) is 4.07. The quantitative estimate of drug-likeness (QED) is 0.892. The third-order valence-corrected chi connectivity index (χ3v) is 2.84. The van der Waals surface area contributed by atoms with Crippen molar-refractivity contribution in [3.8, 4) is 0 Å². The van der Waals surface area contributed by atoms with E-state index in [1.807, 2.05) is 49.4 Å². The molecule has 0 aliphatic rings. The summed E-state index contributed by atoms with van der Waals surface area (Å²) >= 11 is 0. The van der Waals surface area contributed by atoms with Gasteiger partial charge in [-0.1, -0.05) is 31.2 Å². The van der Waals surface area contributed by atoms with E-state index in [-0.39, 0.29) is 11.9 Å². The van der Waals surface area contributed by atoms with E-state index in [1.165, 1.54) is 0 Å². The molecule has 0 fully saturated rings. The fourth-order valence-corrected chi connectivity index (χ4v) is 1.83. The summed E-state index contributed by atoms with van der Waals surface area (Å²) in [5.74, 6) is -0.0497. The standard InChI is InChI=1S/C15H16N2O/c1-2-14(13-9-6-10-16-11-13)17-15(18)12-7-4-3-5-8-12/h3-11,14H,2H2,1H3,(H,17,18). The predicted octanol–water partition coefficient (Wildman–Crippen LogP) is 2.96. The largest absolute Gasteiger partial charge is 0.345 e. The summed E-state index contributed by atoms with van der Waals surface area (Å²) in [5.41, 5.74) is 1.71. The van der Waals surface area contributed by atoms with E-state index >= 15 is 0 Å². The smallest absolute Gasteiger partial charge is 0.251 e. The summed E-state index contributed by atoms with van der Waals surface area (Å²) in [5, 5.41) is 3.02. The number of pyridine rings is 1. The maximum absolute atomic E-state index is 12.1. The second-order valence-electron chi connectivity index (χ2n) is 4.09. The van der Waals surface area contributed by atoms with Crippen molar-refractivity contribution < 1.29 is 4.79 Å². The number of hydrogen-bond acceptors (Lipinski definition) is 2. The number of amides is 1. The molecule has 1 unspecified atom stereocenters. The number of nitrogens with zero attached hydrogens (tertiary/aromatic N) is 1. The topological polar surface area (TPSA) is 42.0 Å². The Morgan fingerprint density at radius 2 is 2.00 bits per heavy atom. The van der Waals surface area contributed by atoms with Crippen LogP contribution in [0.2, 0.25) is 0 Å². The molecule has 1 N–H and O–H groups in total. The Morgan fingerprint density at radius 1 is 1.22 bits per heavy atom. The minimum atomic E-state index is -0.0497. The van der Waals surface area contributed by atoms with Crippen molar-refractivity contribution >= 4 is 5.91 Å². The number of benzene rings is 1. The number of nitrogens with one attached hydrogen (secondary N) is 1. The lowest BCUT2D eigenvalue weighted by Crippen LogP contribution is -2.28. The van der Waals surface area contributed by atoms with Gasteiger partial charge >= 0.3 is 0 Å². The molecule has 1 amide bonds. The van der Waals surface area contributed by atoms with Crippen molar-refractivity contribution in [2.45, 2.75) is 19.4 Å². The van der Waals surface area contributed by atoms with Crippen molar-refractivity contribution in [3.05, 3.63) is 66.0 Å². The minimum Gasteiger partial charge on any atom is -0.345 e. The van der Waals surface area contributed by atoms with Gasteiger partial charge in [0.2, 0.25) is 0 Å². The predicted molar refractivity (Wildman–Crippen MR) is 71.2 cm³/mol. The summed E-state index contributed by atoms with van der Waals surface area (Å²) < 4.78 is 0. The van der Waals surface area contributed by atoms with Gasteiger partial charge in [-0.25, -0.2) is 0 Å². The molecule has 0 saturated heterocycles. The molecule has 92 valence electrons. The number of aromatic nitrogens is 1. The molecule has 0 spiro atoms. The molecule has 0 radical (unpaired) electrons. The molecular formula is C15H16N2O. The van der Waals surface area contributed by atoms with Crippen molar-refractivity contribution in [2.24, 2.45) is 0 Å². The lowest BCUT2D eigenvalue weighted by molar-refractivity contribution is 0.0935. The number of carbonyl (C=O) groups is 1. The fourth-order valence-electron chi connectivity index (χ4n) is 1.83. The van der Waals surface area contributed by atoms with E-state index in [2.05, 4.69) is 10.3 Å². The Hall–Kier alpha value is -2.16. The van der Waals surface area contributed by atoms with E-state index in [1.54, 1.807) is 12.4 Å². The molecule has 18 heavy (non-hydrogen) atoms. The second kappa shape index (κ2) is 5.96. The molecule has 2 aromatic rings. The Bertz CT molecular complexity index is 496. The number of rotatable bonds is 4. The van der Waals surface area contributed by atoms with Gasteiger partial charge in [-0.15, -0.1) is 0 Å². The van der Waals surface area contributed by atoms with Crippen LogP contribution in [-0.4, -0.2) is 10.9 Å². The fraction of sp³-hybridized carbons (Fsp3) is 0.200. The molecule has 0 aliphatic heterocycles. The van der Waals surface area contributed by atoms with Gasteiger partial charge in [0.25, 0.3) is 5.91 Å². The van der Waals surface area contributed by atoms with Crippen LogP contribution in [0, 0.1) is 0 Å². The second-order valence-corrected chi connectivity index (χ2v) is 4.09. The van der Waals surface area contributed by atoms with Gasteiger partial charge in [0.1, 0.15) is 0 Å². The van der Waals surface area contributed by atoms with Crippen LogP contribution in [0.5, 0.6) is 0 Å². The molecular weight excluding hydrogens is 224 g/mol. The highest BCUT2D eigenvalue weighted by molar-refractivity contribution is 5.94. The normalized spacial score (nSPS) is 11.8. The summed E-state index contributed by atoms with van der Waals surface area (Å²) in [4.78, 5) is 16.1. The first kappa shape index (κ1) is 12.3. The SMILES string of the molecule is CCC(NC(=O)c1ccccc1)c1cccnc1. The maximum Gasteiger partial charge on any atom is 0.251 e. The van der Waals surface area contributed by atoms with Crippen LogP contribution in [0.4, 0.5) is 0 Å². The van der Waals surface area contributed by atoms with Crippen LogP contribution in [0.1, 0.15) is 35.3 Å². The average molecular weight is 240 g/mol. The lowest BCUT2D eigenvalue weighted by atomic mass is 10.1. The molecule has 1 aromatic heterocycles. The Balaban J connectivity index is 2.10. The highest BCUT2D eigenvalue weighted by Crippen LogP contribution is 2.15. The first-order valence-electron chi connectivity index (χ1n) is 6.07. The summed E-state index contributed by atoms with van der Waals surface area (Å²) in [6.45, 7) is 2.04. The first-order chi connectivity index (χ1) is 8.81. The van der Waals surface area contributed by atoms with Crippen molar-refractivity contribution in [3.63, 3.8) is 0 Å². The van der Waals surface area contributed by atoms with Gasteiger partial charge in [-0.3, -0.25) is 9.78 Å². The van der Waals surface area contributed by atoms with Crippen LogP contribution in [0.25, 0.3) is 0 Å². The van der Waals surface area contributed by atoms with Crippen LogP contribution in [0.3, 0.4) is 0 Å². The Labute approximate surface area is 107 Å². The third kappa shape index (κ3) is 2.94. The van der Waals surface area contributed by atoms with Gasteiger partial charge in [0, 0.05) is 18.0 Å². The molecule has 0 bridgehead atoms. The van der Waals surface area contributed by atoms with E-state index in [0.29, 0.717) is 5.56 Å². The molecule has 0 saturated carbocycles. The molecule has 1 aromatic carbocycles. The zero-order valence-electron chi connectivity index (χ0n) is 10.3. The van der Waals surface area contributed by atoms with E-state index < -0.39 is 0 Å². The number of hydrogen-bond donors (Lipinski definition) is 1. The zero-order chi connectivity index (χ0) is 12.8. The minimum absolute atomic E-state index is 0.00593. The molecule has 0 aliphatic carbocycles. The van der Waals surface area contributed by atoms with Gasteiger partial charge in [-0.2, -0.15) is 0 Å². The first-order valence-corrected chi connectivity index (χ1v) is 6.07. The highest BCUT2D eigenvalue weighted by atomic mass is 16.1. The molecule has 2 rings (SSSR count). The molecule has 3 heteroatoms. The van der Waals surface area contributed by atoms with Crippen molar-refractivity contribution in [1.29, 1.82) is 0 Å². The van der Waals surface area contributed by atoms with E-state index in [4.69, 9.17) is 0 Å². The van der Waals surface area contributed by atoms with Crippen LogP contribution in [-0.2, 0) is 0 Å². The Morgan fingerprint density at radius 3 is 2.61 bits per heavy atom. The summed E-state index contributed by atoms with van der Waals surface area (Å²) in [6.07, 6.45) is 4.36. The van der Waals surface area contributed by atoms with Gasteiger partial charge in [0.05, 0.1) is 6.04 Å². The molecule has 3 nitrogen and oxygen atoms in total. The molecule has 1 atom stereocenters. The lowest BCUT2D eigenvalue weighted by Gasteiger charge is -2.17. The zero-order valence-corrected chi connectivity index (χ0v) is 10.3. The van der Waals surface area contributed by atoms with E-state index in [9.17, 15) is 4.79 Å². The van der Waals surface area contributed by atoms with Gasteiger partial charge in [0.15, 0.2) is 0 Å². The van der Waals surface area contributed by atoms with Gasteiger partial charge < -0.3 is 5.32 Å².